The maximum atomic E-state index is 11.3. The third-order valence-electron chi connectivity index (χ3n) is 2.61. The van der Waals surface area contributed by atoms with Gasteiger partial charge in [0.1, 0.15) is 0 Å². The molecule has 0 aromatic carbocycles. The van der Waals surface area contributed by atoms with Crippen molar-refractivity contribution in [2.45, 2.75) is 58.3 Å². The van der Waals surface area contributed by atoms with Crippen molar-refractivity contribution in [3.05, 3.63) is 0 Å². The molecule has 0 amide bonds. The summed E-state index contributed by atoms with van der Waals surface area (Å²) in [6, 6.07) is 3.42. The molecule has 0 aromatic heterocycles. The van der Waals surface area contributed by atoms with Crippen molar-refractivity contribution < 1.29 is 4.79 Å². The summed E-state index contributed by atoms with van der Waals surface area (Å²) in [4.78, 5) is 11.3. The molecule has 0 aromatic rings. The van der Waals surface area contributed by atoms with Crippen molar-refractivity contribution in [1.29, 1.82) is 10.5 Å². The van der Waals surface area contributed by atoms with Crippen molar-refractivity contribution in [1.82, 2.24) is 0 Å². The monoisotopic (exact) mass is 220 g/mol. The van der Waals surface area contributed by atoms with Crippen molar-refractivity contribution in [3.8, 4) is 12.1 Å². The molecule has 88 valence electrons. The lowest BCUT2D eigenvalue weighted by molar-refractivity contribution is -0.120. The van der Waals surface area contributed by atoms with Crippen molar-refractivity contribution in [3.63, 3.8) is 0 Å². The second-order valence-electron chi connectivity index (χ2n) is 4.03. The van der Waals surface area contributed by atoms with E-state index in [0.29, 0.717) is 6.42 Å². The Kier molecular flexibility index (Phi) is 9.32. The number of ketones is 1. The zero-order valence-corrected chi connectivity index (χ0v) is 10.0. The van der Waals surface area contributed by atoms with Gasteiger partial charge >= 0.3 is 0 Å². The molecule has 0 saturated heterocycles. The molecule has 0 radical (unpaired) electrons. The molecule has 0 atom stereocenters. The van der Waals surface area contributed by atoms with Gasteiger partial charge < -0.3 is 0 Å². The van der Waals surface area contributed by atoms with Crippen LogP contribution in [0, 0.1) is 28.6 Å². The highest BCUT2D eigenvalue weighted by atomic mass is 16.1. The SMILES string of the molecule is CCCCCCCCCC(=O)C(C#N)C#N. The average molecular weight is 220 g/mol. The number of nitriles is 2. The Morgan fingerprint density at radius 3 is 2.00 bits per heavy atom. The van der Waals surface area contributed by atoms with Crippen molar-refractivity contribution in [2.24, 2.45) is 5.92 Å². The lowest BCUT2D eigenvalue weighted by Gasteiger charge is -2.01. The second kappa shape index (κ2) is 10.2. The first-order chi connectivity index (χ1) is 7.76. The van der Waals surface area contributed by atoms with Crippen molar-refractivity contribution in [2.75, 3.05) is 0 Å². The molecule has 16 heavy (non-hydrogen) atoms. The molecule has 3 heteroatoms. The molecular weight excluding hydrogens is 200 g/mol. The molecular formula is C13H20N2O. The summed E-state index contributed by atoms with van der Waals surface area (Å²) in [7, 11) is 0. The number of hydrogen-bond donors (Lipinski definition) is 0. The zero-order chi connectivity index (χ0) is 12.2. The minimum atomic E-state index is -1.06. The fourth-order valence-corrected chi connectivity index (χ4v) is 1.57. The molecule has 0 saturated carbocycles. The highest BCUT2D eigenvalue weighted by molar-refractivity contribution is 5.85. The first-order valence-corrected chi connectivity index (χ1v) is 6.08. The maximum Gasteiger partial charge on any atom is 0.191 e. The topological polar surface area (TPSA) is 64.7 Å². The number of carbonyl (C=O) groups is 1. The van der Waals surface area contributed by atoms with Crippen LogP contribution in [0.1, 0.15) is 58.3 Å². The summed E-state index contributed by atoms with van der Waals surface area (Å²) >= 11 is 0. The molecule has 0 spiro atoms. The summed E-state index contributed by atoms with van der Waals surface area (Å²) in [5.41, 5.74) is 0. The molecule has 3 nitrogen and oxygen atoms in total. The molecule has 0 unspecified atom stereocenters. The van der Waals surface area contributed by atoms with Gasteiger partial charge in [0.05, 0.1) is 12.1 Å². The normalized spacial score (nSPS) is 9.75. The molecule has 0 fully saturated rings. The standard InChI is InChI=1S/C13H20N2O/c1-2-3-4-5-6-7-8-9-13(16)12(10-14)11-15/h12H,2-9H2,1H3. The Morgan fingerprint density at radius 1 is 1.00 bits per heavy atom. The van der Waals surface area contributed by atoms with E-state index >= 15 is 0 Å². The Hall–Kier alpha value is -1.35. The van der Waals surface area contributed by atoms with E-state index in [4.69, 9.17) is 10.5 Å². The molecule has 0 aliphatic rings. The van der Waals surface area contributed by atoms with Crippen LogP contribution in [0.15, 0.2) is 0 Å². The van der Waals surface area contributed by atoms with Gasteiger partial charge in [0.15, 0.2) is 11.7 Å². The lowest BCUT2D eigenvalue weighted by Crippen LogP contribution is -2.09. The van der Waals surface area contributed by atoms with Gasteiger partial charge in [-0.15, -0.1) is 0 Å². The summed E-state index contributed by atoms with van der Waals surface area (Å²) in [6.45, 7) is 2.18. The number of hydrogen-bond acceptors (Lipinski definition) is 3. The van der Waals surface area contributed by atoms with E-state index in [1.54, 1.807) is 12.1 Å². The van der Waals surface area contributed by atoms with E-state index in [1.807, 2.05) is 0 Å². The molecule has 0 rings (SSSR count). The fraction of sp³-hybridized carbons (Fsp3) is 0.769. The summed E-state index contributed by atoms with van der Waals surface area (Å²) in [5.74, 6) is -1.28. The van der Waals surface area contributed by atoms with Crippen LogP contribution in [0.4, 0.5) is 0 Å². The van der Waals surface area contributed by atoms with E-state index in [9.17, 15) is 4.79 Å². The first kappa shape index (κ1) is 14.6. The Bertz CT molecular complexity index is 259. The number of carbonyl (C=O) groups excluding carboxylic acids is 1. The van der Waals surface area contributed by atoms with Crippen LogP contribution in [-0.4, -0.2) is 5.78 Å². The van der Waals surface area contributed by atoms with E-state index in [-0.39, 0.29) is 5.78 Å². The van der Waals surface area contributed by atoms with Crippen molar-refractivity contribution >= 4 is 5.78 Å². The van der Waals surface area contributed by atoms with Gasteiger partial charge in [-0.1, -0.05) is 45.4 Å². The van der Waals surface area contributed by atoms with E-state index in [1.165, 1.54) is 25.7 Å². The smallest absolute Gasteiger partial charge is 0.191 e. The van der Waals surface area contributed by atoms with E-state index in [0.717, 1.165) is 19.3 Å². The van der Waals surface area contributed by atoms with Gasteiger partial charge in [0.2, 0.25) is 0 Å². The quantitative estimate of drug-likeness (QED) is 0.559. The predicted molar refractivity (Wildman–Crippen MR) is 62.3 cm³/mol. The zero-order valence-electron chi connectivity index (χ0n) is 10.0. The summed E-state index contributed by atoms with van der Waals surface area (Å²) in [5, 5.41) is 17.0. The van der Waals surface area contributed by atoms with Gasteiger partial charge in [-0.3, -0.25) is 4.79 Å². The van der Waals surface area contributed by atoms with Gasteiger partial charge in [0, 0.05) is 6.42 Å². The van der Waals surface area contributed by atoms with E-state index in [2.05, 4.69) is 6.92 Å². The van der Waals surface area contributed by atoms with Gasteiger partial charge in [0.25, 0.3) is 0 Å². The van der Waals surface area contributed by atoms with Crippen LogP contribution in [0.2, 0.25) is 0 Å². The summed E-state index contributed by atoms with van der Waals surface area (Å²) < 4.78 is 0. The van der Waals surface area contributed by atoms with Crippen LogP contribution in [0.5, 0.6) is 0 Å². The first-order valence-electron chi connectivity index (χ1n) is 6.08. The second-order valence-corrected chi connectivity index (χ2v) is 4.03. The number of Topliss-reactive ketones (excluding diaryl/α,β-unsaturated/α-hetero) is 1. The van der Waals surface area contributed by atoms with Crippen LogP contribution < -0.4 is 0 Å². The number of unbranched alkanes of at least 4 members (excludes halogenated alkanes) is 6. The minimum Gasteiger partial charge on any atom is -0.297 e. The molecule has 0 N–H and O–H groups in total. The van der Waals surface area contributed by atoms with E-state index < -0.39 is 5.92 Å². The Morgan fingerprint density at radius 2 is 1.50 bits per heavy atom. The Balaban J connectivity index is 3.43. The lowest BCUT2D eigenvalue weighted by atomic mass is 10.0. The van der Waals surface area contributed by atoms with Crippen LogP contribution >= 0.6 is 0 Å². The third kappa shape index (κ3) is 7.01. The summed E-state index contributed by atoms with van der Waals surface area (Å²) in [6.07, 6.45) is 8.38. The van der Waals surface area contributed by atoms with Crippen LogP contribution in [-0.2, 0) is 4.79 Å². The highest BCUT2D eigenvalue weighted by Gasteiger charge is 2.15. The average Bonchev–Trinajstić information content (AvgIpc) is 2.29. The number of rotatable bonds is 9. The van der Waals surface area contributed by atoms with Crippen LogP contribution in [0.25, 0.3) is 0 Å². The highest BCUT2D eigenvalue weighted by Crippen LogP contribution is 2.10. The maximum absolute atomic E-state index is 11.3. The van der Waals surface area contributed by atoms with Crippen LogP contribution in [0.3, 0.4) is 0 Å². The number of nitrogens with zero attached hydrogens (tertiary/aromatic N) is 2. The van der Waals surface area contributed by atoms with Gasteiger partial charge in [-0.25, -0.2) is 0 Å². The van der Waals surface area contributed by atoms with Gasteiger partial charge in [-0.2, -0.15) is 10.5 Å². The molecule has 0 aliphatic heterocycles. The fourth-order valence-electron chi connectivity index (χ4n) is 1.57. The third-order valence-corrected chi connectivity index (χ3v) is 2.61. The minimum absolute atomic E-state index is 0.224. The molecule has 0 heterocycles. The molecule has 0 aliphatic carbocycles. The predicted octanol–water partition coefficient (Wildman–Crippen LogP) is 3.36. The Labute approximate surface area is 98.1 Å². The largest absolute Gasteiger partial charge is 0.297 e. The van der Waals surface area contributed by atoms with Gasteiger partial charge in [-0.05, 0) is 6.42 Å². The molecule has 0 bridgehead atoms.